The van der Waals surface area contributed by atoms with Gasteiger partial charge in [-0.3, -0.25) is 4.99 Å². The number of sulfonamides is 1. The molecule has 158 valence electrons. The van der Waals surface area contributed by atoms with Crippen molar-refractivity contribution < 1.29 is 17.9 Å². The molecule has 3 N–H and O–H groups in total. The van der Waals surface area contributed by atoms with Gasteiger partial charge in [0, 0.05) is 37.7 Å². The fourth-order valence-corrected chi connectivity index (χ4v) is 4.02. The highest BCUT2D eigenvalue weighted by Crippen LogP contribution is 2.23. The van der Waals surface area contributed by atoms with Crippen LogP contribution in [-0.2, 0) is 21.3 Å². The third-order valence-corrected chi connectivity index (χ3v) is 5.16. The van der Waals surface area contributed by atoms with Crippen molar-refractivity contribution in [1.29, 1.82) is 0 Å². The molecular formula is C19H32N4O4S. The molecule has 1 heterocycles. The third-order valence-electron chi connectivity index (χ3n) is 4.23. The van der Waals surface area contributed by atoms with Gasteiger partial charge in [0.2, 0.25) is 10.0 Å². The van der Waals surface area contributed by atoms with Crippen LogP contribution in [0.3, 0.4) is 0 Å². The van der Waals surface area contributed by atoms with E-state index in [0.717, 1.165) is 36.2 Å². The minimum atomic E-state index is -3.29. The number of nitrogens with zero attached hydrogens (tertiary/aromatic N) is 1. The molecule has 1 aromatic carbocycles. The monoisotopic (exact) mass is 412 g/mol. The van der Waals surface area contributed by atoms with Gasteiger partial charge in [-0.15, -0.1) is 0 Å². The molecule has 1 saturated heterocycles. The molecule has 1 atom stereocenters. The molecule has 28 heavy (non-hydrogen) atoms. The highest BCUT2D eigenvalue weighted by molar-refractivity contribution is 7.88. The molecule has 1 aliphatic rings. The second-order valence-corrected chi connectivity index (χ2v) is 9.50. The van der Waals surface area contributed by atoms with Crippen molar-refractivity contribution in [3.63, 3.8) is 0 Å². The number of benzene rings is 1. The molecule has 9 heteroatoms. The van der Waals surface area contributed by atoms with Gasteiger partial charge in [-0.2, -0.15) is 0 Å². The average Bonchev–Trinajstić information content (AvgIpc) is 3.07. The molecule has 8 nitrogen and oxygen atoms in total. The predicted octanol–water partition coefficient (Wildman–Crippen LogP) is 1.16. The van der Waals surface area contributed by atoms with E-state index in [2.05, 4.69) is 20.3 Å². The predicted molar refractivity (Wildman–Crippen MR) is 111 cm³/mol. The lowest BCUT2D eigenvalue weighted by atomic mass is 10.1. The number of nitrogens with one attached hydrogen (secondary N) is 3. The Hall–Kier alpha value is -1.84. The van der Waals surface area contributed by atoms with E-state index in [4.69, 9.17) is 9.47 Å². The number of ether oxygens (including phenoxy) is 2. The van der Waals surface area contributed by atoms with Crippen LogP contribution in [0.2, 0.25) is 0 Å². The Morgan fingerprint density at radius 3 is 2.71 bits per heavy atom. The molecular weight excluding hydrogens is 380 g/mol. The van der Waals surface area contributed by atoms with Gasteiger partial charge >= 0.3 is 0 Å². The molecule has 2 rings (SSSR count). The standard InChI is InChI=1S/C19H32N4O4S/c1-14-6-7-15(17(10-14)27-16-8-9-26-12-16)11-21-18(20-4)22-13-19(2,3)23-28(5,24)25/h6-7,10,16,23H,8-9,11-13H2,1-5H3,(H2,20,21,22). The third kappa shape index (κ3) is 7.65. The highest BCUT2D eigenvalue weighted by atomic mass is 32.2. The van der Waals surface area contributed by atoms with Crippen LogP contribution < -0.4 is 20.1 Å². The minimum absolute atomic E-state index is 0.0841. The summed E-state index contributed by atoms with van der Waals surface area (Å²) in [5.74, 6) is 1.43. The summed E-state index contributed by atoms with van der Waals surface area (Å²) in [6.45, 7) is 7.92. The van der Waals surface area contributed by atoms with Crippen molar-refractivity contribution in [3.8, 4) is 5.75 Å². The van der Waals surface area contributed by atoms with Gasteiger partial charge in [-0.25, -0.2) is 13.1 Å². The smallest absolute Gasteiger partial charge is 0.209 e. The number of guanidine groups is 1. The van der Waals surface area contributed by atoms with E-state index in [9.17, 15) is 8.42 Å². The summed E-state index contributed by atoms with van der Waals surface area (Å²) >= 11 is 0. The van der Waals surface area contributed by atoms with Crippen LogP contribution in [0.1, 0.15) is 31.4 Å². The highest BCUT2D eigenvalue weighted by Gasteiger charge is 2.22. The van der Waals surface area contributed by atoms with Crippen LogP contribution in [0.5, 0.6) is 5.75 Å². The molecule has 1 aliphatic heterocycles. The number of hydrogen-bond donors (Lipinski definition) is 3. The molecule has 1 unspecified atom stereocenters. The topological polar surface area (TPSA) is 101 Å². The molecule has 0 aliphatic carbocycles. The number of aliphatic imine (C=N–C) groups is 1. The second-order valence-electron chi connectivity index (χ2n) is 7.75. The molecule has 0 aromatic heterocycles. The van der Waals surface area contributed by atoms with E-state index in [1.54, 1.807) is 7.05 Å². The number of hydrogen-bond acceptors (Lipinski definition) is 5. The van der Waals surface area contributed by atoms with Crippen molar-refractivity contribution in [3.05, 3.63) is 29.3 Å². The maximum Gasteiger partial charge on any atom is 0.209 e. The van der Waals surface area contributed by atoms with Crippen LogP contribution in [0.25, 0.3) is 0 Å². The fraction of sp³-hybridized carbons (Fsp3) is 0.632. The summed E-state index contributed by atoms with van der Waals surface area (Å²) in [5, 5.41) is 6.41. The number of rotatable bonds is 8. The molecule has 1 fully saturated rings. The van der Waals surface area contributed by atoms with Crippen LogP contribution in [0.4, 0.5) is 0 Å². The van der Waals surface area contributed by atoms with Crippen molar-refractivity contribution >= 4 is 16.0 Å². The summed E-state index contributed by atoms with van der Waals surface area (Å²) in [5.41, 5.74) is 1.51. The maximum atomic E-state index is 11.5. The summed E-state index contributed by atoms with van der Waals surface area (Å²) in [4.78, 5) is 4.21. The first-order valence-corrected chi connectivity index (χ1v) is 11.2. The zero-order valence-corrected chi connectivity index (χ0v) is 18.1. The van der Waals surface area contributed by atoms with E-state index in [-0.39, 0.29) is 6.10 Å². The van der Waals surface area contributed by atoms with Gasteiger partial charge in [-0.05, 0) is 32.4 Å². The quantitative estimate of drug-likeness (QED) is 0.438. The Balaban J connectivity index is 1.95. The molecule has 0 amide bonds. The minimum Gasteiger partial charge on any atom is -0.488 e. The van der Waals surface area contributed by atoms with Gasteiger partial charge in [0.05, 0.1) is 19.5 Å². The fourth-order valence-electron chi connectivity index (χ4n) is 2.95. The molecule has 1 aromatic rings. The van der Waals surface area contributed by atoms with Gasteiger partial charge in [0.15, 0.2) is 5.96 Å². The summed E-state index contributed by atoms with van der Waals surface area (Å²) < 4.78 is 37.1. The normalized spacial score (nSPS) is 18.2. The van der Waals surface area contributed by atoms with E-state index >= 15 is 0 Å². The zero-order valence-electron chi connectivity index (χ0n) is 17.3. The van der Waals surface area contributed by atoms with E-state index in [1.807, 2.05) is 39.0 Å². The molecule has 0 saturated carbocycles. The zero-order chi connectivity index (χ0) is 20.8. The first-order valence-electron chi connectivity index (χ1n) is 9.35. The van der Waals surface area contributed by atoms with E-state index in [1.165, 1.54) is 0 Å². The van der Waals surface area contributed by atoms with Crippen molar-refractivity contribution in [1.82, 2.24) is 15.4 Å². The van der Waals surface area contributed by atoms with Crippen LogP contribution in [0, 0.1) is 6.92 Å². The molecule has 0 spiro atoms. The van der Waals surface area contributed by atoms with Gasteiger partial charge in [-0.1, -0.05) is 12.1 Å². The lowest BCUT2D eigenvalue weighted by molar-refractivity contribution is 0.140. The first kappa shape index (κ1) is 22.4. The Kier molecular flexibility index (Phi) is 7.68. The van der Waals surface area contributed by atoms with E-state index < -0.39 is 15.6 Å². The van der Waals surface area contributed by atoms with Crippen LogP contribution in [0.15, 0.2) is 23.2 Å². The summed E-state index contributed by atoms with van der Waals surface area (Å²) in [7, 11) is -1.61. The van der Waals surface area contributed by atoms with Crippen LogP contribution in [-0.4, -0.2) is 59.1 Å². The number of aryl methyl sites for hydroxylation is 1. The Morgan fingerprint density at radius 1 is 1.36 bits per heavy atom. The Bertz CT molecular complexity index is 787. The van der Waals surface area contributed by atoms with Gasteiger partial charge < -0.3 is 20.1 Å². The summed E-state index contributed by atoms with van der Waals surface area (Å²) in [6, 6.07) is 6.12. The lowest BCUT2D eigenvalue weighted by Crippen LogP contribution is -2.52. The van der Waals surface area contributed by atoms with Gasteiger partial charge in [0.1, 0.15) is 11.9 Å². The maximum absolute atomic E-state index is 11.5. The average molecular weight is 413 g/mol. The Labute approximate surface area is 168 Å². The first-order chi connectivity index (χ1) is 13.1. The Morgan fingerprint density at radius 2 is 2.11 bits per heavy atom. The molecule has 0 bridgehead atoms. The van der Waals surface area contributed by atoms with Crippen molar-refractivity contribution in [2.75, 3.05) is 33.1 Å². The van der Waals surface area contributed by atoms with Crippen LogP contribution >= 0.6 is 0 Å². The SMILES string of the molecule is CN=C(NCc1ccc(C)cc1OC1CCOC1)NCC(C)(C)NS(C)(=O)=O. The largest absolute Gasteiger partial charge is 0.488 e. The van der Waals surface area contributed by atoms with E-state index in [0.29, 0.717) is 25.7 Å². The second kappa shape index (κ2) is 9.58. The van der Waals surface area contributed by atoms with Crippen molar-refractivity contribution in [2.45, 2.75) is 45.4 Å². The summed E-state index contributed by atoms with van der Waals surface area (Å²) in [6.07, 6.45) is 2.13. The lowest BCUT2D eigenvalue weighted by Gasteiger charge is -2.26. The van der Waals surface area contributed by atoms with Crippen molar-refractivity contribution in [2.24, 2.45) is 4.99 Å². The van der Waals surface area contributed by atoms with Gasteiger partial charge in [0.25, 0.3) is 0 Å². The molecule has 0 radical (unpaired) electrons.